The first-order chi connectivity index (χ1) is 9.56. The van der Waals surface area contributed by atoms with E-state index in [0.717, 1.165) is 21.2 Å². The average molecular weight is 340 g/mol. The quantitative estimate of drug-likeness (QED) is 0.899. The van der Waals surface area contributed by atoms with Crippen molar-refractivity contribution in [1.29, 1.82) is 0 Å². The van der Waals surface area contributed by atoms with Crippen molar-refractivity contribution in [2.75, 3.05) is 19.8 Å². The molecular weight excluding hydrogens is 322 g/mol. The molecule has 1 aliphatic rings. The SMILES string of the molecule is C[C@H](NC[C@@]1(O)CCOC1)c1cc2cc(Br)ccc2o1. The predicted octanol–water partition coefficient (Wildman–Crippen LogP) is 3.00. The molecule has 2 heterocycles. The second kappa shape index (κ2) is 5.48. The van der Waals surface area contributed by atoms with E-state index in [-0.39, 0.29) is 6.04 Å². The first kappa shape index (κ1) is 14.1. The smallest absolute Gasteiger partial charge is 0.134 e. The highest BCUT2D eigenvalue weighted by Crippen LogP contribution is 2.27. The molecule has 0 radical (unpaired) electrons. The van der Waals surface area contributed by atoms with Crippen molar-refractivity contribution >= 4 is 26.9 Å². The first-order valence-electron chi connectivity index (χ1n) is 6.78. The molecule has 2 aromatic rings. The van der Waals surface area contributed by atoms with E-state index in [0.29, 0.717) is 26.2 Å². The maximum atomic E-state index is 10.2. The monoisotopic (exact) mass is 339 g/mol. The molecule has 0 amide bonds. The van der Waals surface area contributed by atoms with Crippen molar-refractivity contribution < 1.29 is 14.3 Å². The van der Waals surface area contributed by atoms with Crippen LogP contribution in [0.25, 0.3) is 11.0 Å². The molecular formula is C15H18BrNO3. The Morgan fingerprint density at radius 2 is 2.30 bits per heavy atom. The summed E-state index contributed by atoms with van der Waals surface area (Å²) in [5, 5.41) is 14.6. The van der Waals surface area contributed by atoms with Gasteiger partial charge >= 0.3 is 0 Å². The molecule has 20 heavy (non-hydrogen) atoms. The highest BCUT2D eigenvalue weighted by molar-refractivity contribution is 9.10. The zero-order valence-electron chi connectivity index (χ0n) is 11.4. The van der Waals surface area contributed by atoms with Crippen LogP contribution in [-0.4, -0.2) is 30.5 Å². The molecule has 1 saturated heterocycles. The van der Waals surface area contributed by atoms with Crippen LogP contribution in [0.4, 0.5) is 0 Å². The molecule has 1 aromatic heterocycles. The number of aliphatic hydroxyl groups is 1. The Bertz CT molecular complexity index is 604. The van der Waals surface area contributed by atoms with Gasteiger partial charge in [-0.1, -0.05) is 15.9 Å². The number of hydrogen-bond acceptors (Lipinski definition) is 4. The molecule has 108 valence electrons. The van der Waals surface area contributed by atoms with Gasteiger partial charge in [0.15, 0.2) is 0 Å². The Morgan fingerprint density at radius 3 is 3.05 bits per heavy atom. The zero-order chi connectivity index (χ0) is 14.2. The van der Waals surface area contributed by atoms with E-state index < -0.39 is 5.60 Å². The molecule has 3 rings (SSSR count). The average Bonchev–Trinajstić information content (AvgIpc) is 3.02. The lowest BCUT2D eigenvalue weighted by atomic mass is 10.0. The molecule has 0 bridgehead atoms. The molecule has 4 nitrogen and oxygen atoms in total. The molecule has 0 unspecified atom stereocenters. The van der Waals surface area contributed by atoms with Crippen LogP contribution < -0.4 is 5.32 Å². The van der Waals surface area contributed by atoms with E-state index in [9.17, 15) is 5.11 Å². The van der Waals surface area contributed by atoms with Crippen LogP contribution >= 0.6 is 15.9 Å². The van der Waals surface area contributed by atoms with Crippen LogP contribution in [0.15, 0.2) is 33.2 Å². The van der Waals surface area contributed by atoms with Gasteiger partial charge in [0.1, 0.15) is 16.9 Å². The minimum absolute atomic E-state index is 0.0470. The fraction of sp³-hybridized carbons (Fsp3) is 0.467. The normalized spacial score (nSPS) is 24.4. The van der Waals surface area contributed by atoms with E-state index >= 15 is 0 Å². The Hall–Kier alpha value is -0.880. The van der Waals surface area contributed by atoms with Crippen LogP contribution in [-0.2, 0) is 4.74 Å². The van der Waals surface area contributed by atoms with Crippen molar-refractivity contribution in [2.24, 2.45) is 0 Å². The van der Waals surface area contributed by atoms with E-state index in [4.69, 9.17) is 9.15 Å². The van der Waals surface area contributed by atoms with Crippen LogP contribution in [0.5, 0.6) is 0 Å². The summed E-state index contributed by atoms with van der Waals surface area (Å²) in [5.74, 6) is 0.876. The lowest BCUT2D eigenvalue weighted by Crippen LogP contribution is -2.41. The number of ether oxygens (including phenoxy) is 1. The molecule has 1 fully saturated rings. The maximum absolute atomic E-state index is 10.2. The number of halogens is 1. The number of nitrogens with one attached hydrogen (secondary N) is 1. The van der Waals surface area contributed by atoms with Gasteiger partial charge in [-0.2, -0.15) is 0 Å². The minimum atomic E-state index is -0.747. The highest BCUT2D eigenvalue weighted by Gasteiger charge is 2.32. The van der Waals surface area contributed by atoms with E-state index in [2.05, 4.69) is 21.2 Å². The van der Waals surface area contributed by atoms with Crippen LogP contribution in [0.1, 0.15) is 25.1 Å². The second-order valence-corrected chi connectivity index (χ2v) is 6.38. The largest absolute Gasteiger partial charge is 0.459 e. The van der Waals surface area contributed by atoms with Crippen molar-refractivity contribution in [3.63, 3.8) is 0 Å². The third-order valence-electron chi connectivity index (χ3n) is 3.74. The lowest BCUT2D eigenvalue weighted by molar-refractivity contribution is 0.0247. The summed E-state index contributed by atoms with van der Waals surface area (Å²) in [5.41, 5.74) is 0.128. The summed E-state index contributed by atoms with van der Waals surface area (Å²) < 4.78 is 12.1. The zero-order valence-corrected chi connectivity index (χ0v) is 12.9. The molecule has 2 N–H and O–H groups in total. The summed E-state index contributed by atoms with van der Waals surface area (Å²) in [4.78, 5) is 0. The Morgan fingerprint density at radius 1 is 1.45 bits per heavy atom. The van der Waals surface area contributed by atoms with Gasteiger partial charge in [-0.25, -0.2) is 0 Å². The summed E-state index contributed by atoms with van der Waals surface area (Å²) in [6, 6.07) is 8.03. The van der Waals surface area contributed by atoms with Gasteiger partial charge in [-0.05, 0) is 31.2 Å². The van der Waals surface area contributed by atoms with Crippen molar-refractivity contribution in [2.45, 2.75) is 25.0 Å². The second-order valence-electron chi connectivity index (χ2n) is 5.46. The van der Waals surface area contributed by atoms with Gasteiger partial charge < -0.3 is 19.6 Å². The highest BCUT2D eigenvalue weighted by atomic mass is 79.9. The Kier molecular flexibility index (Phi) is 3.86. The van der Waals surface area contributed by atoms with E-state index in [1.165, 1.54) is 0 Å². The molecule has 1 aliphatic heterocycles. The fourth-order valence-electron chi connectivity index (χ4n) is 2.43. The van der Waals surface area contributed by atoms with E-state index in [1.54, 1.807) is 0 Å². The summed E-state index contributed by atoms with van der Waals surface area (Å²) in [6.45, 7) is 3.58. The summed E-state index contributed by atoms with van der Waals surface area (Å²) in [7, 11) is 0. The number of benzene rings is 1. The summed E-state index contributed by atoms with van der Waals surface area (Å²) in [6.07, 6.45) is 0.680. The van der Waals surface area contributed by atoms with Crippen molar-refractivity contribution in [1.82, 2.24) is 5.32 Å². The fourth-order valence-corrected chi connectivity index (χ4v) is 2.81. The van der Waals surface area contributed by atoms with E-state index in [1.807, 2.05) is 31.2 Å². The molecule has 1 aromatic carbocycles. The van der Waals surface area contributed by atoms with Crippen molar-refractivity contribution in [3.05, 3.63) is 34.5 Å². The van der Waals surface area contributed by atoms with Gasteiger partial charge in [-0.3, -0.25) is 0 Å². The third-order valence-corrected chi connectivity index (χ3v) is 4.24. The lowest BCUT2D eigenvalue weighted by Gasteiger charge is -2.22. The molecule has 0 aliphatic carbocycles. The molecule has 5 heteroatoms. The van der Waals surface area contributed by atoms with Gasteiger partial charge in [0, 0.05) is 29.4 Å². The van der Waals surface area contributed by atoms with Crippen molar-refractivity contribution in [3.8, 4) is 0 Å². The number of hydrogen-bond donors (Lipinski definition) is 2. The molecule has 0 spiro atoms. The first-order valence-corrected chi connectivity index (χ1v) is 7.58. The van der Waals surface area contributed by atoms with Gasteiger partial charge in [0.25, 0.3) is 0 Å². The number of furan rings is 1. The van der Waals surface area contributed by atoms with Gasteiger partial charge in [0.2, 0.25) is 0 Å². The Labute approximate surface area is 126 Å². The molecule has 2 atom stereocenters. The topological polar surface area (TPSA) is 54.6 Å². The minimum Gasteiger partial charge on any atom is -0.459 e. The third kappa shape index (κ3) is 2.91. The maximum Gasteiger partial charge on any atom is 0.134 e. The summed E-state index contributed by atoms with van der Waals surface area (Å²) >= 11 is 3.46. The van der Waals surface area contributed by atoms with Crippen LogP contribution in [0, 0.1) is 0 Å². The number of rotatable bonds is 4. The standard InChI is InChI=1S/C15H18BrNO3/c1-10(17-8-15(18)4-5-19-9-15)14-7-11-6-12(16)2-3-13(11)20-14/h2-3,6-7,10,17-18H,4-5,8-9H2,1H3/t10-,15-/m0/s1. The van der Waals surface area contributed by atoms with Gasteiger partial charge in [0.05, 0.1) is 12.6 Å². The molecule has 0 saturated carbocycles. The Balaban J connectivity index is 1.70. The predicted molar refractivity (Wildman–Crippen MR) is 80.7 cm³/mol. The van der Waals surface area contributed by atoms with Crippen LogP contribution in [0.2, 0.25) is 0 Å². The number of fused-ring (bicyclic) bond motifs is 1. The van der Waals surface area contributed by atoms with Gasteiger partial charge in [-0.15, -0.1) is 0 Å². The van der Waals surface area contributed by atoms with Crippen LogP contribution in [0.3, 0.4) is 0 Å².